The SMILES string of the molecule is CCO[SiH](OCC)C(CCN)(CCN)CCCN. The fourth-order valence-corrected chi connectivity index (χ4v) is 5.12. The molecule has 0 aliphatic carbocycles. The number of rotatable bonds is 12. The molecule has 0 aromatic carbocycles. The van der Waals surface area contributed by atoms with Crippen molar-refractivity contribution >= 4 is 9.28 Å². The molecule has 5 nitrogen and oxygen atoms in total. The zero-order valence-electron chi connectivity index (χ0n) is 12.0. The molecule has 0 aliphatic heterocycles. The standard InChI is InChI=1S/C12H31N3O2Si/c1-3-16-18(17-4-2)12(7-10-14,8-11-15)6-5-9-13/h18H,3-11,13-15H2,1-2H3. The van der Waals surface area contributed by atoms with Crippen LogP contribution in [-0.4, -0.2) is 42.1 Å². The van der Waals surface area contributed by atoms with Gasteiger partial charge in [-0.05, 0) is 59.2 Å². The van der Waals surface area contributed by atoms with E-state index in [9.17, 15) is 0 Å². The van der Waals surface area contributed by atoms with Gasteiger partial charge >= 0.3 is 9.28 Å². The zero-order valence-corrected chi connectivity index (χ0v) is 13.1. The van der Waals surface area contributed by atoms with Gasteiger partial charge in [0.2, 0.25) is 0 Å². The molecule has 0 bridgehead atoms. The Hall–Kier alpha value is 0.0169. The third kappa shape index (κ3) is 5.77. The molecule has 18 heavy (non-hydrogen) atoms. The molecule has 0 atom stereocenters. The van der Waals surface area contributed by atoms with Crippen LogP contribution in [0.15, 0.2) is 0 Å². The third-order valence-electron chi connectivity index (χ3n) is 3.30. The van der Waals surface area contributed by atoms with Gasteiger partial charge in [0.05, 0.1) is 0 Å². The summed E-state index contributed by atoms with van der Waals surface area (Å²) in [6.45, 7) is 7.39. The summed E-state index contributed by atoms with van der Waals surface area (Å²) >= 11 is 0. The molecular formula is C12H31N3O2Si. The van der Waals surface area contributed by atoms with E-state index in [0.29, 0.717) is 32.8 Å². The van der Waals surface area contributed by atoms with E-state index in [2.05, 4.69) is 0 Å². The van der Waals surface area contributed by atoms with Gasteiger partial charge in [0.15, 0.2) is 0 Å². The molecule has 0 heterocycles. The molecule has 0 fully saturated rings. The van der Waals surface area contributed by atoms with Crippen LogP contribution in [0.1, 0.15) is 39.5 Å². The van der Waals surface area contributed by atoms with E-state index in [4.69, 9.17) is 26.1 Å². The minimum absolute atomic E-state index is 0.0366. The van der Waals surface area contributed by atoms with Crippen LogP contribution >= 0.6 is 0 Å². The van der Waals surface area contributed by atoms with E-state index in [-0.39, 0.29) is 5.04 Å². The summed E-state index contributed by atoms with van der Waals surface area (Å²) in [4.78, 5) is 0. The highest BCUT2D eigenvalue weighted by molar-refractivity contribution is 6.48. The molecule has 6 N–H and O–H groups in total. The number of hydrogen-bond acceptors (Lipinski definition) is 5. The lowest BCUT2D eigenvalue weighted by molar-refractivity contribution is 0.172. The van der Waals surface area contributed by atoms with Crippen molar-refractivity contribution in [3.63, 3.8) is 0 Å². The molecule has 0 unspecified atom stereocenters. The van der Waals surface area contributed by atoms with Crippen LogP contribution in [0.25, 0.3) is 0 Å². The maximum atomic E-state index is 5.91. The zero-order chi connectivity index (χ0) is 13.9. The fraction of sp³-hybridized carbons (Fsp3) is 1.00. The molecular weight excluding hydrogens is 246 g/mol. The van der Waals surface area contributed by atoms with Gasteiger partial charge in [-0.3, -0.25) is 0 Å². The Morgan fingerprint density at radius 3 is 1.67 bits per heavy atom. The summed E-state index contributed by atoms with van der Waals surface area (Å²) in [7, 11) is -1.77. The topological polar surface area (TPSA) is 96.5 Å². The van der Waals surface area contributed by atoms with Gasteiger partial charge in [0, 0.05) is 18.3 Å². The van der Waals surface area contributed by atoms with Crippen molar-refractivity contribution in [2.45, 2.75) is 44.6 Å². The van der Waals surface area contributed by atoms with Crippen LogP contribution in [0, 0.1) is 0 Å². The first-order valence-electron chi connectivity index (χ1n) is 7.04. The summed E-state index contributed by atoms with van der Waals surface area (Å²) in [5.41, 5.74) is 17.2. The van der Waals surface area contributed by atoms with Crippen molar-refractivity contribution in [2.75, 3.05) is 32.8 Å². The summed E-state index contributed by atoms with van der Waals surface area (Å²) in [6, 6.07) is 0. The Kier molecular flexibility index (Phi) is 10.9. The average molecular weight is 277 g/mol. The lowest BCUT2D eigenvalue weighted by Crippen LogP contribution is -2.41. The van der Waals surface area contributed by atoms with E-state index in [1.807, 2.05) is 13.8 Å². The minimum Gasteiger partial charge on any atom is -0.397 e. The van der Waals surface area contributed by atoms with Gasteiger partial charge in [-0.1, -0.05) is 0 Å². The van der Waals surface area contributed by atoms with Crippen LogP contribution in [-0.2, 0) is 8.85 Å². The van der Waals surface area contributed by atoms with Gasteiger partial charge in [0.1, 0.15) is 0 Å². The van der Waals surface area contributed by atoms with Gasteiger partial charge in [-0.15, -0.1) is 0 Å². The maximum Gasteiger partial charge on any atom is 0.327 e. The summed E-state index contributed by atoms with van der Waals surface area (Å²) in [5, 5.41) is 0.0366. The summed E-state index contributed by atoms with van der Waals surface area (Å²) in [5.74, 6) is 0. The second kappa shape index (κ2) is 10.9. The first-order chi connectivity index (χ1) is 8.70. The van der Waals surface area contributed by atoms with Crippen LogP contribution in [0.5, 0.6) is 0 Å². The summed E-state index contributed by atoms with van der Waals surface area (Å²) < 4.78 is 11.8. The van der Waals surface area contributed by atoms with E-state index in [1.165, 1.54) is 0 Å². The molecule has 0 aliphatic rings. The molecule has 6 heteroatoms. The molecule has 0 spiro atoms. The quantitative estimate of drug-likeness (QED) is 0.450. The summed E-state index contributed by atoms with van der Waals surface area (Å²) in [6.07, 6.45) is 3.82. The molecule has 0 saturated heterocycles. The Morgan fingerprint density at radius 2 is 1.33 bits per heavy atom. The lowest BCUT2D eigenvalue weighted by Gasteiger charge is -2.38. The fourth-order valence-electron chi connectivity index (χ4n) is 2.46. The third-order valence-corrected chi connectivity index (χ3v) is 6.44. The normalized spacial score (nSPS) is 12.3. The lowest BCUT2D eigenvalue weighted by atomic mass is 9.94. The molecule has 0 aromatic heterocycles. The smallest absolute Gasteiger partial charge is 0.327 e. The molecule has 0 saturated carbocycles. The van der Waals surface area contributed by atoms with Crippen LogP contribution in [0.2, 0.25) is 5.04 Å². The van der Waals surface area contributed by atoms with E-state index >= 15 is 0 Å². The highest BCUT2D eigenvalue weighted by atomic mass is 28.3. The minimum atomic E-state index is -1.77. The van der Waals surface area contributed by atoms with Gasteiger partial charge < -0.3 is 26.1 Å². The Morgan fingerprint density at radius 1 is 0.833 bits per heavy atom. The first-order valence-corrected chi connectivity index (χ1v) is 8.56. The largest absolute Gasteiger partial charge is 0.397 e. The molecule has 110 valence electrons. The number of nitrogens with two attached hydrogens (primary N) is 3. The van der Waals surface area contributed by atoms with Crippen LogP contribution < -0.4 is 17.2 Å². The van der Waals surface area contributed by atoms with E-state index in [1.54, 1.807) is 0 Å². The number of hydrogen-bond donors (Lipinski definition) is 3. The first kappa shape index (κ1) is 18.0. The van der Waals surface area contributed by atoms with Crippen molar-refractivity contribution < 1.29 is 8.85 Å². The average Bonchev–Trinajstić information content (AvgIpc) is 2.36. The Labute approximate surface area is 113 Å². The molecule has 0 radical (unpaired) electrons. The Bertz CT molecular complexity index is 184. The molecule has 0 amide bonds. The molecule has 0 aromatic rings. The van der Waals surface area contributed by atoms with Crippen molar-refractivity contribution in [2.24, 2.45) is 17.2 Å². The predicted molar refractivity (Wildman–Crippen MR) is 78.7 cm³/mol. The highest BCUT2D eigenvalue weighted by Crippen LogP contribution is 2.43. The van der Waals surface area contributed by atoms with Crippen molar-refractivity contribution in [1.29, 1.82) is 0 Å². The maximum absolute atomic E-state index is 5.91. The van der Waals surface area contributed by atoms with Crippen molar-refractivity contribution in [3.05, 3.63) is 0 Å². The van der Waals surface area contributed by atoms with Crippen LogP contribution in [0.4, 0.5) is 0 Å². The van der Waals surface area contributed by atoms with E-state index < -0.39 is 9.28 Å². The second-order valence-electron chi connectivity index (χ2n) is 4.57. The van der Waals surface area contributed by atoms with Crippen molar-refractivity contribution in [3.8, 4) is 0 Å². The van der Waals surface area contributed by atoms with E-state index in [0.717, 1.165) is 25.7 Å². The van der Waals surface area contributed by atoms with Crippen LogP contribution in [0.3, 0.4) is 0 Å². The monoisotopic (exact) mass is 277 g/mol. The predicted octanol–water partition coefficient (Wildman–Crippen LogP) is 0.457. The molecule has 0 rings (SSSR count). The van der Waals surface area contributed by atoms with Crippen molar-refractivity contribution in [1.82, 2.24) is 0 Å². The second-order valence-corrected chi connectivity index (χ2v) is 7.13. The van der Waals surface area contributed by atoms with Gasteiger partial charge in [-0.25, -0.2) is 0 Å². The van der Waals surface area contributed by atoms with Gasteiger partial charge in [0.25, 0.3) is 0 Å². The van der Waals surface area contributed by atoms with Gasteiger partial charge in [-0.2, -0.15) is 0 Å². The Balaban J connectivity index is 4.91. The highest BCUT2D eigenvalue weighted by Gasteiger charge is 2.41.